The fraction of sp³-hybridized carbons (Fsp3) is 0.571. The number of hydrogen-bond donors (Lipinski definition) is 1. The molecule has 112 valence electrons. The Bertz CT molecular complexity index is 521. The topological polar surface area (TPSA) is 77.8 Å². The Labute approximate surface area is 117 Å². The third-order valence-electron chi connectivity index (χ3n) is 3.08. The van der Waals surface area contributed by atoms with Crippen molar-refractivity contribution < 1.29 is 19.4 Å². The summed E-state index contributed by atoms with van der Waals surface area (Å²) in [6, 6.07) is 1.36. The highest BCUT2D eigenvalue weighted by molar-refractivity contribution is 5.90. The molecule has 1 heterocycles. The Hall–Kier alpha value is -1.66. The lowest BCUT2D eigenvalue weighted by Crippen LogP contribution is -2.26. The highest BCUT2D eigenvalue weighted by Gasteiger charge is 2.15. The summed E-state index contributed by atoms with van der Waals surface area (Å²) < 4.78 is 11.7. The van der Waals surface area contributed by atoms with Crippen LogP contribution in [-0.2, 0) is 16.0 Å². The first-order chi connectivity index (χ1) is 9.49. The van der Waals surface area contributed by atoms with Crippen molar-refractivity contribution >= 4 is 5.97 Å². The summed E-state index contributed by atoms with van der Waals surface area (Å²) in [5, 5.41) is 9.18. The molecule has 0 spiro atoms. The van der Waals surface area contributed by atoms with Gasteiger partial charge in [-0.05, 0) is 25.8 Å². The molecule has 6 heteroatoms. The van der Waals surface area contributed by atoms with Crippen LogP contribution in [0.2, 0.25) is 0 Å². The average Bonchev–Trinajstić information content (AvgIpc) is 2.35. The van der Waals surface area contributed by atoms with Crippen molar-refractivity contribution in [2.75, 3.05) is 26.9 Å². The molecule has 0 aromatic carbocycles. The van der Waals surface area contributed by atoms with Crippen molar-refractivity contribution in [3.05, 3.63) is 33.2 Å². The number of hydrogen-bond acceptors (Lipinski definition) is 4. The van der Waals surface area contributed by atoms with Crippen LogP contribution in [0.15, 0.2) is 10.9 Å². The molecule has 0 saturated heterocycles. The number of carboxylic acids is 1. The molecule has 0 saturated carbocycles. The summed E-state index contributed by atoms with van der Waals surface area (Å²) in [7, 11) is 1.60. The molecule has 1 aromatic heterocycles. The molecule has 0 atom stereocenters. The monoisotopic (exact) mass is 283 g/mol. The van der Waals surface area contributed by atoms with Gasteiger partial charge >= 0.3 is 5.97 Å². The van der Waals surface area contributed by atoms with Crippen molar-refractivity contribution in [3.63, 3.8) is 0 Å². The summed E-state index contributed by atoms with van der Waals surface area (Å²) in [6.45, 7) is 5.29. The van der Waals surface area contributed by atoms with Crippen molar-refractivity contribution in [1.29, 1.82) is 0 Å². The van der Waals surface area contributed by atoms with Crippen LogP contribution in [0.1, 0.15) is 28.0 Å². The van der Waals surface area contributed by atoms with E-state index in [1.807, 2.05) is 0 Å². The lowest BCUT2D eigenvalue weighted by molar-refractivity contribution is 0.0676. The maximum Gasteiger partial charge on any atom is 0.337 e. The number of aryl methyl sites for hydroxylation is 1. The van der Waals surface area contributed by atoms with Crippen LogP contribution in [-0.4, -0.2) is 42.6 Å². The molecule has 0 unspecified atom stereocenters. The van der Waals surface area contributed by atoms with E-state index in [2.05, 4.69) is 0 Å². The number of aromatic carboxylic acids is 1. The predicted molar refractivity (Wildman–Crippen MR) is 74.4 cm³/mol. The van der Waals surface area contributed by atoms with E-state index in [4.69, 9.17) is 9.47 Å². The maximum absolute atomic E-state index is 11.9. The molecule has 0 aliphatic carbocycles. The minimum atomic E-state index is -1.01. The van der Waals surface area contributed by atoms with E-state index in [0.29, 0.717) is 44.0 Å². The Kier molecular flexibility index (Phi) is 6.41. The zero-order valence-electron chi connectivity index (χ0n) is 12.1. The molecule has 6 nitrogen and oxygen atoms in total. The van der Waals surface area contributed by atoms with Gasteiger partial charge in [-0.1, -0.05) is 0 Å². The molecule has 0 aliphatic rings. The van der Waals surface area contributed by atoms with Gasteiger partial charge in [-0.15, -0.1) is 0 Å². The number of methoxy groups -OCH3 is 1. The molecule has 1 N–H and O–H groups in total. The number of carboxylic acid groups (broad SMARTS) is 1. The van der Waals surface area contributed by atoms with E-state index >= 15 is 0 Å². The van der Waals surface area contributed by atoms with E-state index < -0.39 is 5.97 Å². The molecule has 1 aromatic rings. The average molecular weight is 283 g/mol. The van der Waals surface area contributed by atoms with E-state index in [9.17, 15) is 14.7 Å². The number of nitrogens with zero attached hydrogens (tertiary/aromatic N) is 1. The van der Waals surface area contributed by atoms with Crippen LogP contribution < -0.4 is 5.56 Å². The SMILES string of the molecule is COCCOCCCn1c(C)c(C(=O)O)c(C)cc1=O. The second kappa shape index (κ2) is 7.81. The standard InChI is InChI=1S/C14H21NO5/c1-10-9-12(16)15(11(2)13(10)14(17)18)5-4-6-20-8-7-19-3/h9H,4-8H2,1-3H3,(H,17,18). The van der Waals surface area contributed by atoms with Gasteiger partial charge in [0, 0.05) is 32.0 Å². The number of carbonyl (C=O) groups is 1. The van der Waals surface area contributed by atoms with Gasteiger partial charge in [0.25, 0.3) is 5.56 Å². The minimum Gasteiger partial charge on any atom is -0.478 e. The largest absolute Gasteiger partial charge is 0.478 e. The highest BCUT2D eigenvalue weighted by Crippen LogP contribution is 2.11. The molecule has 0 fully saturated rings. The lowest BCUT2D eigenvalue weighted by atomic mass is 10.1. The van der Waals surface area contributed by atoms with Crippen LogP contribution in [0.4, 0.5) is 0 Å². The Morgan fingerprint density at radius 3 is 2.60 bits per heavy atom. The van der Waals surface area contributed by atoms with Crippen molar-refractivity contribution in [2.45, 2.75) is 26.8 Å². The molecule has 20 heavy (non-hydrogen) atoms. The summed E-state index contributed by atoms with van der Waals surface area (Å²) in [5.74, 6) is -1.01. The fourth-order valence-corrected chi connectivity index (χ4v) is 2.09. The van der Waals surface area contributed by atoms with Crippen molar-refractivity contribution in [2.24, 2.45) is 0 Å². The van der Waals surface area contributed by atoms with Gasteiger partial charge in [0.2, 0.25) is 0 Å². The maximum atomic E-state index is 11.9. The summed E-state index contributed by atoms with van der Waals surface area (Å²) in [4.78, 5) is 23.1. The van der Waals surface area contributed by atoms with Gasteiger partial charge in [-0.2, -0.15) is 0 Å². The Balaban J connectivity index is 2.73. The zero-order chi connectivity index (χ0) is 15.1. The molecule has 1 rings (SSSR count). The fourth-order valence-electron chi connectivity index (χ4n) is 2.09. The molecule has 0 bridgehead atoms. The van der Waals surface area contributed by atoms with Gasteiger partial charge in [-0.25, -0.2) is 4.79 Å². The zero-order valence-corrected chi connectivity index (χ0v) is 12.1. The van der Waals surface area contributed by atoms with Crippen LogP contribution >= 0.6 is 0 Å². The second-order valence-corrected chi connectivity index (χ2v) is 4.54. The summed E-state index contributed by atoms with van der Waals surface area (Å²) >= 11 is 0. The van der Waals surface area contributed by atoms with Crippen LogP contribution in [0.3, 0.4) is 0 Å². The molecular weight excluding hydrogens is 262 g/mol. The van der Waals surface area contributed by atoms with Crippen molar-refractivity contribution in [1.82, 2.24) is 4.57 Å². The number of aromatic nitrogens is 1. The van der Waals surface area contributed by atoms with E-state index in [-0.39, 0.29) is 11.1 Å². The van der Waals surface area contributed by atoms with Crippen LogP contribution in [0.5, 0.6) is 0 Å². The Morgan fingerprint density at radius 2 is 2.00 bits per heavy atom. The smallest absolute Gasteiger partial charge is 0.337 e. The number of pyridine rings is 1. The quantitative estimate of drug-likeness (QED) is 0.726. The summed E-state index contributed by atoms with van der Waals surface area (Å²) in [5.41, 5.74) is 0.999. The van der Waals surface area contributed by atoms with Crippen molar-refractivity contribution in [3.8, 4) is 0 Å². The number of rotatable bonds is 8. The van der Waals surface area contributed by atoms with Gasteiger partial charge in [0.05, 0.1) is 18.8 Å². The van der Waals surface area contributed by atoms with Crippen LogP contribution in [0.25, 0.3) is 0 Å². The van der Waals surface area contributed by atoms with Gasteiger partial charge in [-0.3, -0.25) is 4.79 Å². The Morgan fingerprint density at radius 1 is 1.30 bits per heavy atom. The first-order valence-corrected chi connectivity index (χ1v) is 6.50. The normalized spacial score (nSPS) is 10.8. The summed E-state index contributed by atoms with van der Waals surface area (Å²) in [6.07, 6.45) is 0.645. The van der Waals surface area contributed by atoms with E-state index in [1.165, 1.54) is 10.6 Å². The molecular formula is C14H21NO5. The van der Waals surface area contributed by atoms with Gasteiger partial charge < -0.3 is 19.1 Å². The number of ether oxygens (including phenoxy) is 2. The third-order valence-corrected chi connectivity index (χ3v) is 3.08. The first-order valence-electron chi connectivity index (χ1n) is 6.50. The highest BCUT2D eigenvalue weighted by atomic mass is 16.5. The first kappa shape index (κ1) is 16.4. The van der Waals surface area contributed by atoms with E-state index in [1.54, 1.807) is 21.0 Å². The lowest BCUT2D eigenvalue weighted by Gasteiger charge is -2.14. The van der Waals surface area contributed by atoms with Gasteiger partial charge in [0.15, 0.2) is 0 Å². The van der Waals surface area contributed by atoms with Gasteiger partial charge in [0.1, 0.15) is 0 Å². The van der Waals surface area contributed by atoms with Crippen LogP contribution in [0, 0.1) is 13.8 Å². The molecule has 0 amide bonds. The third kappa shape index (κ3) is 4.18. The second-order valence-electron chi connectivity index (χ2n) is 4.54. The minimum absolute atomic E-state index is 0.179. The molecule has 0 aliphatic heterocycles. The predicted octanol–water partition coefficient (Wildman–Crippen LogP) is 1.22. The molecule has 0 radical (unpaired) electrons. The van der Waals surface area contributed by atoms with E-state index in [0.717, 1.165) is 0 Å².